The van der Waals surface area contributed by atoms with Gasteiger partial charge in [-0.05, 0) is 63.8 Å². The Labute approximate surface area is 219 Å². The zero-order valence-corrected chi connectivity index (χ0v) is 22.6. The summed E-state index contributed by atoms with van der Waals surface area (Å²) in [5.41, 5.74) is 4.26. The van der Waals surface area contributed by atoms with E-state index in [1.807, 2.05) is 69.0 Å². The van der Waals surface area contributed by atoms with Crippen LogP contribution in [0, 0.1) is 0 Å². The first-order chi connectivity index (χ1) is 17.9. The van der Waals surface area contributed by atoms with E-state index in [9.17, 15) is 9.59 Å². The molecule has 0 aromatic heterocycles. The molecule has 0 radical (unpaired) electrons. The first-order valence-corrected chi connectivity index (χ1v) is 12.7. The molecule has 0 spiro atoms. The number of carbonyl (C=O) groups excluding carboxylic acids is 2. The lowest BCUT2D eigenvalue weighted by atomic mass is 9.79. The molecule has 7 heteroatoms. The molecule has 0 saturated heterocycles. The predicted molar refractivity (Wildman–Crippen MR) is 142 cm³/mol. The van der Waals surface area contributed by atoms with Crippen LogP contribution in [-0.4, -0.2) is 50.8 Å². The summed E-state index contributed by atoms with van der Waals surface area (Å²) in [6, 6.07) is 15.7. The molecular weight excluding hydrogens is 470 g/mol. The average Bonchev–Trinajstić information content (AvgIpc) is 2.91. The maximum absolute atomic E-state index is 13.2. The molecule has 1 heterocycles. The van der Waals surface area contributed by atoms with Crippen LogP contribution >= 0.6 is 0 Å². The molecule has 0 amide bonds. The van der Waals surface area contributed by atoms with Gasteiger partial charge >= 0.3 is 11.9 Å². The van der Waals surface area contributed by atoms with E-state index in [1.54, 1.807) is 0 Å². The molecule has 198 valence electrons. The lowest BCUT2D eigenvalue weighted by molar-refractivity contribution is -0.137. The summed E-state index contributed by atoms with van der Waals surface area (Å²) in [6.07, 6.45) is 1.71. The average molecular weight is 508 g/mol. The zero-order valence-electron chi connectivity index (χ0n) is 22.6. The smallest absolute Gasteiger partial charge is 0.336 e. The van der Waals surface area contributed by atoms with E-state index in [1.165, 1.54) is 19.8 Å². The number of nitrogens with zero attached hydrogens (tertiary/aromatic N) is 1. The van der Waals surface area contributed by atoms with Crippen LogP contribution in [0.1, 0.15) is 51.2 Å². The second kappa shape index (κ2) is 13.0. The van der Waals surface area contributed by atoms with E-state index < -0.39 is 17.9 Å². The third-order valence-electron chi connectivity index (χ3n) is 6.57. The van der Waals surface area contributed by atoms with Crippen molar-refractivity contribution in [2.24, 2.45) is 0 Å². The molecule has 3 rings (SSSR count). The number of esters is 2. The third kappa shape index (κ3) is 6.16. The van der Waals surface area contributed by atoms with Gasteiger partial charge in [-0.2, -0.15) is 0 Å². The fraction of sp³-hybridized carbons (Fsp3) is 0.400. The van der Waals surface area contributed by atoms with Crippen molar-refractivity contribution >= 4 is 11.9 Å². The van der Waals surface area contributed by atoms with Gasteiger partial charge in [-0.3, -0.25) is 0 Å². The first-order valence-electron chi connectivity index (χ1n) is 12.7. The van der Waals surface area contributed by atoms with Crippen LogP contribution < -0.4 is 9.47 Å². The molecule has 0 bridgehead atoms. The van der Waals surface area contributed by atoms with Crippen LogP contribution in [0.4, 0.5) is 0 Å². The highest BCUT2D eigenvalue weighted by molar-refractivity contribution is 5.99. The van der Waals surface area contributed by atoms with Crippen molar-refractivity contribution in [1.29, 1.82) is 0 Å². The number of ether oxygens (including phenoxy) is 4. The number of hydrogen-bond acceptors (Lipinski definition) is 7. The summed E-state index contributed by atoms with van der Waals surface area (Å²) in [5, 5.41) is 0. The Morgan fingerprint density at radius 2 is 1.38 bits per heavy atom. The number of benzene rings is 2. The van der Waals surface area contributed by atoms with Gasteiger partial charge in [0, 0.05) is 17.9 Å². The topological polar surface area (TPSA) is 74.3 Å². The van der Waals surface area contributed by atoms with Crippen LogP contribution in [-0.2, 0) is 25.5 Å². The minimum absolute atomic E-state index is 0.403. The van der Waals surface area contributed by atoms with Crippen molar-refractivity contribution in [2.45, 2.75) is 46.5 Å². The minimum Gasteiger partial charge on any atom is -0.490 e. The summed E-state index contributed by atoms with van der Waals surface area (Å²) >= 11 is 0. The van der Waals surface area contributed by atoms with Gasteiger partial charge < -0.3 is 23.8 Å². The quantitative estimate of drug-likeness (QED) is 0.377. The Balaban J connectivity index is 2.10. The van der Waals surface area contributed by atoms with E-state index in [-0.39, 0.29) is 0 Å². The number of carbonyl (C=O) groups is 2. The summed E-state index contributed by atoms with van der Waals surface area (Å²) in [5.74, 6) is -0.504. The van der Waals surface area contributed by atoms with Crippen LogP contribution in [0.5, 0.6) is 11.5 Å². The molecule has 0 N–H and O–H groups in total. The molecule has 0 unspecified atom stereocenters. The molecule has 1 aliphatic heterocycles. The van der Waals surface area contributed by atoms with E-state index >= 15 is 0 Å². The molecule has 1 aliphatic rings. The predicted octanol–water partition coefficient (Wildman–Crippen LogP) is 5.41. The van der Waals surface area contributed by atoms with Gasteiger partial charge in [0.2, 0.25) is 0 Å². The fourth-order valence-corrected chi connectivity index (χ4v) is 4.86. The Kier molecular flexibility index (Phi) is 9.78. The van der Waals surface area contributed by atoms with Gasteiger partial charge in [-0.1, -0.05) is 36.4 Å². The van der Waals surface area contributed by atoms with Gasteiger partial charge in [-0.15, -0.1) is 0 Å². The zero-order chi connectivity index (χ0) is 26.9. The van der Waals surface area contributed by atoms with Gasteiger partial charge in [0.15, 0.2) is 11.5 Å². The monoisotopic (exact) mass is 507 g/mol. The Hall–Kier alpha value is -3.74. The molecule has 7 nitrogen and oxygen atoms in total. The highest BCUT2D eigenvalue weighted by Crippen LogP contribution is 2.44. The van der Waals surface area contributed by atoms with Gasteiger partial charge in [0.1, 0.15) is 0 Å². The van der Waals surface area contributed by atoms with Gasteiger partial charge in [-0.25, -0.2) is 9.59 Å². The molecule has 37 heavy (non-hydrogen) atoms. The number of rotatable bonds is 11. The van der Waals surface area contributed by atoms with E-state index in [2.05, 4.69) is 12.1 Å². The van der Waals surface area contributed by atoms with Gasteiger partial charge in [0.05, 0.1) is 44.5 Å². The Morgan fingerprint density at radius 1 is 0.811 bits per heavy atom. The molecule has 2 aromatic rings. The third-order valence-corrected chi connectivity index (χ3v) is 6.57. The Bertz CT molecular complexity index is 1130. The van der Waals surface area contributed by atoms with Crippen molar-refractivity contribution in [2.75, 3.05) is 34.0 Å². The van der Waals surface area contributed by atoms with Crippen molar-refractivity contribution < 1.29 is 28.5 Å². The van der Waals surface area contributed by atoms with E-state index in [4.69, 9.17) is 18.9 Å². The standard InChI is InChI=1S/C30H37NO6/c1-7-36-24-17-16-23(19-25(24)37-8-2)28-26(29(32)34-5)20(3)31(21(4)27(28)30(33)35-6)18-12-15-22-13-10-9-11-14-22/h9-11,13-14,16-17,19,28H,7-8,12,15,18H2,1-6H3. The highest BCUT2D eigenvalue weighted by atomic mass is 16.5. The SMILES string of the molecule is CCOc1ccc(C2C(C(=O)OC)=C(C)N(CCCc3ccccc3)C(C)=C2C(=O)OC)cc1OCC. The maximum atomic E-state index is 13.2. The highest BCUT2D eigenvalue weighted by Gasteiger charge is 2.40. The summed E-state index contributed by atoms with van der Waals surface area (Å²) in [4.78, 5) is 28.4. The number of allylic oxidation sites excluding steroid dienone is 2. The lowest BCUT2D eigenvalue weighted by Crippen LogP contribution is -2.35. The second-order valence-electron chi connectivity index (χ2n) is 8.73. The summed E-state index contributed by atoms with van der Waals surface area (Å²) in [6.45, 7) is 9.16. The molecular formula is C30H37NO6. The van der Waals surface area contributed by atoms with Crippen molar-refractivity contribution in [3.05, 3.63) is 82.2 Å². The van der Waals surface area contributed by atoms with Crippen molar-refractivity contribution in [3.63, 3.8) is 0 Å². The largest absolute Gasteiger partial charge is 0.490 e. The van der Waals surface area contributed by atoms with Crippen LogP contribution in [0.25, 0.3) is 0 Å². The van der Waals surface area contributed by atoms with Crippen molar-refractivity contribution in [1.82, 2.24) is 4.90 Å². The fourth-order valence-electron chi connectivity index (χ4n) is 4.86. The number of hydrogen-bond donors (Lipinski definition) is 0. The van der Waals surface area contributed by atoms with Crippen LogP contribution in [0.2, 0.25) is 0 Å². The van der Waals surface area contributed by atoms with E-state index in [0.29, 0.717) is 42.4 Å². The number of aryl methyl sites for hydroxylation is 1. The Morgan fingerprint density at radius 3 is 1.92 bits per heavy atom. The molecule has 0 fully saturated rings. The number of methoxy groups -OCH3 is 2. The first kappa shape index (κ1) is 27.8. The minimum atomic E-state index is -0.680. The lowest BCUT2D eigenvalue weighted by Gasteiger charge is -2.38. The van der Waals surface area contributed by atoms with Gasteiger partial charge in [0.25, 0.3) is 0 Å². The second-order valence-corrected chi connectivity index (χ2v) is 8.73. The summed E-state index contributed by atoms with van der Waals surface area (Å²) in [7, 11) is 2.71. The molecule has 0 aliphatic carbocycles. The van der Waals surface area contributed by atoms with Crippen LogP contribution in [0.3, 0.4) is 0 Å². The summed E-state index contributed by atoms with van der Waals surface area (Å²) < 4.78 is 22.0. The van der Waals surface area contributed by atoms with Crippen LogP contribution in [0.15, 0.2) is 71.1 Å². The normalized spacial score (nSPS) is 14.1. The molecule has 0 saturated carbocycles. The van der Waals surface area contributed by atoms with E-state index in [0.717, 1.165) is 29.8 Å². The molecule has 2 aromatic carbocycles. The molecule has 0 atom stereocenters. The maximum Gasteiger partial charge on any atom is 0.336 e. The van der Waals surface area contributed by atoms with Crippen molar-refractivity contribution in [3.8, 4) is 11.5 Å².